The summed E-state index contributed by atoms with van der Waals surface area (Å²) in [4.78, 5) is 2.44. The topological polar surface area (TPSA) is 16.4 Å². The molecule has 1 aliphatic carbocycles. The van der Waals surface area contributed by atoms with Gasteiger partial charge in [0.15, 0.2) is 0 Å². The fourth-order valence-corrected chi connectivity index (χ4v) is 10.3. The highest BCUT2D eigenvalue weighted by Gasteiger charge is 2.36. The minimum atomic E-state index is -0.123. The molecule has 0 spiro atoms. The second kappa shape index (κ2) is 14.6. The van der Waals surface area contributed by atoms with Crippen molar-refractivity contribution in [1.29, 1.82) is 0 Å². The molecule has 0 amide bonds. The second-order valence-corrected chi connectivity index (χ2v) is 17.2. The molecule has 1 aliphatic rings. The summed E-state index contributed by atoms with van der Waals surface area (Å²) in [7, 11) is 0. The first-order valence-corrected chi connectivity index (χ1v) is 21.8. The van der Waals surface area contributed by atoms with E-state index in [9.17, 15) is 0 Å². The number of furan rings is 1. The quantitative estimate of drug-likeness (QED) is 0.160. The predicted molar refractivity (Wildman–Crippen MR) is 265 cm³/mol. The smallest absolute Gasteiger partial charge is 0.136 e. The van der Waals surface area contributed by atoms with E-state index in [1.807, 2.05) is 0 Å². The van der Waals surface area contributed by atoms with Crippen LogP contribution in [-0.2, 0) is 5.41 Å². The van der Waals surface area contributed by atoms with Crippen molar-refractivity contribution in [2.24, 2.45) is 0 Å². The van der Waals surface area contributed by atoms with Crippen LogP contribution in [0.4, 0.5) is 17.1 Å². The third-order valence-corrected chi connectivity index (χ3v) is 13.3. The average molecular weight is 806 g/mol. The average Bonchev–Trinajstić information content (AvgIpc) is 3.83. The molecule has 10 aromatic carbocycles. The highest BCUT2D eigenvalue weighted by atomic mass is 16.3. The van der Waals surface area contributed by atoms with Crippen molar-refractivity contribution >= 4 is 49.8 Å². The fourth-order valence-electron chi connectivity index (χ4n) is 10.3. The van der Waals surface area contributed by atoms with Gasteiger partial charge < -0.3 is 9.32 Å². The van der Waals surface area contributed by atoms with Crippen LogP contribution in [0.3, 0.4) is 0 Å². The number of anilines is 3. The van der Waals surface area contributed by atoms with Crippen LogP contribution in [0.15, 0.2) is 229 Å². The van der Waals surface area contributed by atoms with Crippen molar-refractivity contribution in [3.63, 3.8) is 0 Å². The molecule has 298 valence electrons. The van der Waals surface area contributed by atoms with Crippen molar-refractivity contribution in [2.45, 2.75) is 19.3 Å². The number of benzene rings is 10. The van der Waals surface area contributed by atoms with E-state index in [0.29, 0.717) is 0 Å². The molecule has 12 rings (SSSR count). The van der Waals surface area contributed by atoms with Gasteiger partial charge in [-0.2, -0.15) is 0 Å². The Morgan fingerprint density at radius 2 is 0.889 bits per heavy atom. The Bertz CT molecular complexity index is 3520. The molecule has 11 aromatic rings. The molecule has 1 aromatic heterocycles. The summed E-state index contributed by atoms with van der Waals surface area (Å²) < 4.78 is 6.46. The van der Waals surface area contributed by atoms with Crippen molar-refractivity contribution in [1.82, 2.24) is 0 Å². The highest BCUT2D eigenvalue weighted by molar-refractivity contribution is 6.15. The van der Waals surface area contributed by atoms with Gasteiger partial charge >= 0.3 is 0 Å². The Balaban J connectivity index is 0.997. The van der Waals surface area contributed by atoms with Crippen LogP contribution in [0.2, 0.25) is 0 Å². The molecule has 0 radical (unpaired) electrons. The van der Waals surface area contributed by atoms with Gasteiger partial charge in [0.25, 0.3) is 0 Å². The van der Waals surface area contributed by atoms with E-state index in [-0.39, 0.29) is 5.41 Å². The molecular weight excluding hydrogens is 763 g/mol. The summed E-state index contributed by atoms with van der Waals surface area (Å²) in [5.74, 6) is 0. The summed E-state index contributed by atoms with van der Waals surface area (Å²) in [5, 5.41) is 4.70. The molecule has 0 unspecified atom stereocenters. The molecule has 0 saturated carbocycles. The number of hydrogen-bond acceptors (Lipinski definition) is 2. The van der Waals surface area contributed by atoms with Crippen LogP contribution in [0.5, 0.6) is 0 Å². The predicted octanol–water partition coefficient (Wildman–Crippen LogP) is 17.2. The molecule has 63 heavy (non-hydrogen) atoms. The lowest BCUT2D eigenvalue weighted by molar-refractivity contribution is 0.660. The third kappa shape index (κ3) is 6.02. The van der Waals surface area contributed by atoms with E-state index in [1.54, 1.807) is 0 Å². The minimum absolute atomic E-state index is 0.123. The lowest BCUT2D eigenvalue weighted by Crippen LogP contribution is -2.16. The van der Waals surface area contributed by atoms with Gasteiger partial charge in [-0.1, -0.05) is 190 Å². The fraction of sp³-hybridized carbons (Fsp3) is 0.0492. The maximum Gasteiger partial charge on any atom is 0.136 e. The number of rotatable bonds is 7. The van der Waals surface area contributed by atoms with Gasteiger partial charge in [0.05, 0.1) is 5.69 Å². The van der Waals surface area contributed by atoms with Gasteiger partial charge in [-0.05, 0) is 121 Å². The first-order chi connectivity index (χ1) is 31.0. The Hall–Kier alpha value is -7.94. The zero-order valence-corrected chi connectivity index (χ0v) is 35.2. The van der Waals surface area contributed by atoms with Crippen LogP contribution in [-0.4, -0.2) is 0 Å². The van der Waals surface area contributed by atoms with Gasteiger partial charge in [0, 0.05) is 33.1 Å². The number of fused-ring (bicyclic) bond motifs is 7. The zero-order chi connectivity index (χ0) is 42.1. The molecule has 0 saturated heterocycles. The maximum atomic E-state index is 6.46. The van der Waals surface area contributed by atoms with Gasteiger partial charge in [-0.3, -0.25) is 0 Å². The van der Waals surface area contributed by atoms with E-state index in [4.69, 9.17) is 4.42 Å². The third-order valence-electron chi connectivity index (χ3n) is 13.3. The van der Waals surface area contributed by atoms with E-state index in [1.165, 1.54) is 72.0 Å². The summed E-state index contributed by atoms with van der Waals surface area (Å²) in [6.45, 7) is 4.71. The molecule has 2 heteroatoms. The van der Waals surface area contributed by atoms with Crippen molar-refractivity contribution in [2.75, 3.05) is 4.90 Å². The number of hydrogen-bond donors (Lipinski definition) is 0. The summed E-state index contributed by atoms with van der Waals surface area (Å²) >= 11 is 0. The van der Waals surface area contributed by atoms with E-state index < -0.39 is 0 Å². The Labute approximate surface area is 368 Å². The molecule has 0 N–H and O–H groups in total. The summed E-state index contributed by atoms with van der Waals surface area (Å²) in [6.07, 6.45) is 0. The van der Waals surface area contributed by atoms with Gasteiger partial charge in [0.2, 0.25) is 0 Å². The maximum absolute atomic E-state index is 6.46. The van der Waals surface area contributed by atoms with Crippen LogP contribution >= 0.6 is 0 Å². The van der Waals surface area contributed by atoms with E-state index >= 15 is 0 Å². The zero-order valence-electron chi connectivity index (χ0n) is 35.2. The molecule has 0 aliphatic heterocycles. The standard InChI is InChI=1S/C61H43NO/c1-61(2)54-27-11-9-23-51(54)52-36-35-46(39-55(52)61)62(56-28-12-10-22-47(56)40-16-5-3-6-17-40)45-33-30-42(31-34-45)48-24-13-20-43-21-14-25-50(59(43)48)44-32-37-57-53(38-44)60-49(26-15-29-58(60)63-57)41-18-7-4-8-19-41/h3-39H,1-2H3. The SMILES string of the molecule is CC1(C)c2ccccc2-c2ccc(N(c3ccc(-c4cccc5cccc(-c6ccc7oc8cccc(-c9ccccc9)c8c7c6)c45)cc3)c3ccccc3-c3ccccc3)cc21. The van der Waals surface area contributed by atoms with Gasteiger partial charge in [0.1, 0.15) is 11.2 Å². The van der Waals surface area contributed by atoms with Crippen molar-refractivity contribution < 1.29 is 4.42 Å². The Morgan fingerprint density at radius 1 is 0.349 bits per heavy atom. The minimum Gasteiger partial charge on any atom is -0.456 e. The van der Waals surface area contributed by atoms with Crippen LogP contribution in [0, 0.1) is 0 Å². The normalized spacial score (nSPS) is 12.7. The van der Waals surface area contributed by atoms with Gasteiger partial charge in [-0.25, -0.2) is 0 Å². The van der Waals surface area contributed by atoms with Crippen LogP contribution in [0.1, 0.15) is 25.0 Å². The Morgan fingerprint density at radius 3 is 1.63 bits per heavy atom. The van der Waals surface area contributed by atoms with Gasteiger partial charge in [-0.15, -0.1) is 0 Å². The lowest BCUT2D eigenvalue weighted by Gasteiger charge is -2.30. The van der Waals surface area contributed by atoms with E-state index in [2.05, 4.69) is 243 Å². The molecule has 0 bridgehead atoms. The van der Waals surface area contributed by atoms with E-state index in [0.717, 1.165) is 44.6 Å². The number of para-hydroxylation sites is 1. The van der Waals surface area contributed by atoms with Crippen LogP contribution < -0.4 is 4.90 Å². The second-order valence-electron chi connectivity index (χ2n) is 17.2. The molecule has 1 heterocycles. The molecule has 0 atom stereocenters. The first-order valence-electron chi connectivity index (χ1n) is 21.8. The molecule has 0 fully saturated rings. The number of nitrogens with zero attached hydrogens (tertiary/aromatic N) is 1. The summed E-state index contributed by atoms with van der Waals surface area (Å²) in [6, 6.07) is 81.6. The molecular formula is C61H43NO. The Kier molecular flexibility index (Phi) is 8.55. The van der Waals surface area contributed by atoms with Crippen molar-refractivity contribution in [3.8, 4) is 55.6 Å². The van der Waals surface area contributed by atoms with Crippen LogP contribution in [0.25, 0.3) is 88.3 Å². The van der Waals surface area contributed by atoms with Crippen molar-refractivity contribution in [3.05, 3.63) is 236 Å². The lowest BCUT2D eigenvalue weighted by atomic mass is 9.82. The largest absolute Gasteiger partial charge is 0.456 e. The highest BCUT2D eigenvalue weighted by Crippen LogP contribution is 2.51. The molecule has 2 nitrogen and oxygen atoms in total. The first kappa shape index (κ1) is 36.9. The summed E-state index contributed by atoms with van der Waals surface area (Å²) in [5.41, 5.74) is 19.9. The monoisotopic (exact) mass is 805 g/mol.